The maximum Gasteiger partial charge on any atom is 0.453 e. The number of fused-ring (bicyclic) bond motifs is 1. The summed E-state index contributed by atoms with van der Waals surface area (Å²) in [5.41, 5.74) is 0.718. The molecule has 214 valence electrons. The molecule has 0 bridgehead atoms. The normalized spacial score (nSPS) is 14.3. The van der Waals surface area contributed by atoms with Gasteiger partial charge in [-0.1, -0.05) is 17.7 Å². The van der Waals surface area contributed by atoms with Crippen molar-refractivity contribution in [1.29, 1.82) is 0 Å². The highest BCUT2D eigenvalue weighted by Crippen LogP contribution is 2.40. The highest BCUT2D eigenvalue weighted by atomic mass is 35.5. The largest absolute Gasteiger partial charge is 0.453 e. The monoisotopic (exact) mass is 588 g/mol. The van der Waals surface area contributed by atoms with Crippen molar-refractivity contribution in [2.45, 2.75) is 26.6 Å². The number of nitrogens with one attached hydrogen (secondary N) is 1. The zero-order chi connectivity index (χ0) is 29.3. The Kier molecular flexibility index (Phi) is 8.08. The van der Waals surface area contributed by atoms with E-state index in [1.54, 1.807) is 19.1 Å². The Hall–Kier alpha value is -3.86. The predicted octanol–water partition coefficient (Wildman–Crippen LogP) is 5.51. The van der Waals surface area contributed by atoms with Crippen LogP contribution in [0.15, 0.2) is 63.8 Å². The van der Waals surface area contributed by atoms with Gasteiger partial charge in [0.15, 0.2) is 5.58 Å². The zero-order valence-electron chi connectivity index (χ0n) is 22.2. The summed E-state index contributed by atoms with van der Waals surface area (Å²) >= 11 is 5.91. The third-order valence-electron chi connectivity index (χ3n) is 6.94. The topological polar surface area (TPSA) is 79.4 Å². The second-order valence-electron chi connectivity index (χ2n) is 9.79. The van der Waals surface area contributed by atoms with Crippen LogP contribution in [0.2, 0.25) is 5.02 Å². The summed E-state index contributed by atoms with van der Waals surface area (Å²) in [5, 5.41) is 0.287. The molecule has 1 aliphatic rings. The number of alkyl halides is 3. The summed E-state index contributed by atoms with van der Waals surface area (Å²) in [6.45, 7) is 5.78. The first kappa shape index (κ1) is 28.7. The van der Waals surface area contributed by atoms with E-state index in [-0.39, 0.29) is 40.1 Å². The molecule has 5 rings (SSSR count). The molecule has 7 nitrogen and oxygen atoms in total. The summed E-state index contributed by atoms with van der Waals surface area (Å²) < 4.78 is 65.0. The van der Waals surface area contributed by atoms with Crippen LogP contribution in [0.3, 0.4) is 0 Å². The van der Waals surface area contributed by atoms with E-state index in [1.807, 2.05) is 6.92 Å². The van der Waals surface area contributed by atoms with E-state index in [4.69, 9.17) is 30.2 Å². The average Bonchev–Trinajstić information content (AvgIpc) is 2.93. The van der Waals surface area contributed by atoms with Gasteiger partial charge in [-0.3, -0.25) is 4.79 Å². The van der Waals surface area contributed by atoms with Gasteiger partial charge in [0.25, 0.3) is 5.76 Å². The predicted molar refractivity (Wildman–Crippen MR) is 145 cm³/mol. The van der Waals surface area contributed by atoms with Crippen LogP contribution in [0.1, 0.15) is 32.8 Å². The van der Waals surface area contributed by atoms with Crippen LogP contribution in [0.5, 0.6) is 17.2 Å². The molecule has 4 aromatic rings. The SMILES string of the molecule is Cc1ccc(Oc2c(C(F)(F)F)oc3c(C[NH+]4CCOCC4)c(OC(=O)c4ccc(Cl)cc4)ccc3c2=O)cc1C. The molecule has 0 spiro atoms. The van der Waals surface area contributed by atoms with Gasteiger partial charge in [0.1, 0.15) is 31.1 Å². The molecule has 0 radical (unpaired) electrons. The van der Waals surface area contributed by atoms with Gasteiger partial charge in [-0.15, -0.1) is 0 Å². The Labute approximate surface area is 238 Å². The number of hydrogen-bond acceptors (Lipinski definition) is 6. The molecule has 2 heterocycles. The van der Waals surface area contributed by atoms with E-state index < -0.39 is 29.1 Å². The molecule has 0 unspecified atom stereocenters. The number of rotatable bonds is 6. The molecule has 1 aromatic heterocycles. The molecule has 0 saturated carbocycles. The lowest BCUT2D eigenvalue weighted by Gasteiger charge is -2.25. The number of halogens is 4. The van der Waals surface area contributed by atoms with E-state index in [0.717, 1.165) is 16.0 Å². The van der Waals surface area contributed by atoms with E-state index in [2.05, 4.69) is 0 Å². The average molecular weight is 589 g/mol. The second kappa shape index (κ2) is 11.6. The van der Waals surface area contributed by atoms with Gasteiger partial charge in [0.05, 0.1) is 29.7 Å². The summed E-state index contributed by atoms with van der Waals surface area (Å²) in [7, 11) is 0. The second-order valence-corrected chi connectivity index (χ2v) is 10.2. The highest BCUT2D eigenvalue weighted by Gasteiger charge is 2.41. The van der Waals surface area contributed by atoms with Crippen LogP contribution in [0, 0.1) is 13.8 Å². The standard InChI is InChI=1S/C30H25ClF3NO6/c1-17-3-8-21(15-18(17)2)39-27-25(36)22-9-10-24(40-29(37)19-4-6-20(31)7-5-19)23(16-35-11-13-38-14-12-35)26(22)41-28(27)30(32,33)34/h3-10,15H,11-14,16H2,1-2H3/p+1. The van der Waals surface area contributed by atoms with Crippen molar-refractivity contribution in [3.05, 3.63) is 97.9 Å². The number of carbonyl (C=O) groups excluding carboxylic acids is 1. The van der Waals surface area contributed by atoms with Crippen molar-refractivity contribution >= 4 is 28.5 Å². The van der Waals surface area contributed by atoms with Crippen LogP contribution < -0.4 is 19.8 Å². The summed E-state index contributed by atoms with van der Waals surface area (Å²) in [6, 6.07) is 13.3. The minimum absolute atomic E-state index is 0.0180. The molecule has 3 aromatic carbocycles. The van der Waals surface area contributed by atoms with Crippen LogP contribution in [0.4, 0.5) is 13.2 Å². The lowest BCUT2D eigenvalue weighted by Crippen LogP contribution is -3.12. The van der Waals surface area contributed by atoms with Gasteiger partial charge in [0.2, 0.25) is 11.2 Å². The summed E-state index contributed by atoms with van der Waals surface area (Å²) in [5.74, 6) is -3.24. The van der Waals surface area contributed by atoms with Crippen molar-refractivity contribution in [3.8, 4) is 17.2 Å². The Morgan fingerprint density at radius 1 is 1.00 bits per heavy atom. The summed E-state index contributed by atoms with van der Waals surface area (Å²) in [4.78, 5) is 27.4. The maximum absolute atomic E-state index is 14.3. The number of aryl methyl sites for hydroxylation is 2. The van der Waals surface area contributed by atoms with Gasteiger partial charge in [0, 0.05) is 5.02 Å². The molecule has 1 saturated heterocycles. The number of morpholine rings is 1. The molecule has 0 aliphatic carbocycles. The third-order valence-corrected chi connectivity index (χ3v) is 7.20. The number of esters is 1. The molecule has 41 heavy (non-hydrogen) atoms. The smallest absolute Gasteiger partial charge is 0.449 e. The third kappa shape index (κ3) is 6.24. The van der Waals surface area contributed by atoms with Gasteiger partial charge >= 0.3 is 12.1 Å². The fraction of sp³-hybridized carbons (Fsp3) is 0.267. The Bertz CT molecular complexity index is 1660. The van der Waals surface area contributed by atoms with E-state index >= 15 is 0 Å². The van der Waals surface area contributed by atoms with Crippen molar-refractivity contribution in [3.63, 3.8) is 0 Å². The minimum Gasteiger partial charge on any atom is -0.449 e. The molecule has 0 atom stereocenters. The molecule has 1 aliphatic heterocycles. The number of ether oxygens (including phenoxy) is 3. The van der Waals surface area contributed by atoms with Crippen LogP contribution in [0.25, 0.3) is 11.0 Å². The molecule has 0 amide bonds. The van der Waals surface area contributed by atoms with Gasteiger partial charge in [-0.05, 0) is 73.5 Å². The van der Waals surface area contributed by atoms with Crippen LogP contribution >= 0.6 is 11.6 Å². The van der Waals surface area contributed by atoms with Crippen LogP contribution in [-0.2, 0) is 17.5 Å². The van der Waals surface area contributed by atoms with Gasteiger partial charge in [-0.25, -0.2) is 4.79 Å². The van der Waals surface area contributed by atoms with Crippen molar-refractivity contribution in [1.82, 2.24) is 0 Å². The van der Waals surface area contributed by atoms with Crippen LogP contribution in [-0.4, -0.2) is 32.3 Å². The number of carbonyl (C=O) groups is 1. The first-order valence-electron chi connectivity index (χ1n) is 12.9. The zero-order valence-corrected chi connectivity index (χ0v) is 22.9. The van der Waals surface area contributed by atoms with Gasteiger partial charge < -0.3 is 23.5 Å². The highest BCUT2D eigenvalue weighted by molar-refractivity contribution is 6.30. The first-order chi connectivity index (χ1) is 19.5. The van der Waals surface area contributed by atoms with Crippen molar-refractivity contribution in [2.24, 2.45) is 0 Å². The maximum atomic E-state index is 14.3. The fourth-order valence-corrected chi connectivity index (χ4v) is 4.67. The lowest BCUT2D eigenvalue weighted by molar-refractivity contribution is -0.921. The quantitative estimate of drug-likeness (QED) is 0.236. The Morgan fingerprint density at radius 2 is 1.71 bits per heavy atom. The molecule has 1 fully saturated rings. The Morgan fingerprint density at radius 3 is 2.37 bits per heavy atom. The lowest BCUT2D eigenvalue weighted by atomic mass is 10.1. The fourth-order valence-electron chi connectivity index (χ4n) is 4.55. The van der Waals surface area contributed by atoms with E-state index in [0.29, 0.717) is 31.3 Å². The Balaban J connectivity index is 1.65. The van der Waals surface area contributed by atoms with E-state index in [9.17, 15) is 22.8 Å². The number of benzene rings is 3. The minimum atomic E-state index is -5.05. The first-order valence-corrected chi connectivity index (χ1v) is 13.2. The van der Waals surface area contributed by atoms with Crippen molar-refractivity contribution < 1.29 is 41.5 Å². The molecule has 1 N–H and O–H groups in total. The van der Waals surface area contributed by atoms with Gasteiger partial charge in [-0.2, -0.15) is 13.2 Å². The number of hydrogen-bond donors (Lipinski definition) is 1. The summed E-state index contributed by atoms with van der Waals surface area (Å²) in [6.07, 6.45) is -5.05. The van der Waals surface area contributed by atoms with E-state index in [1.165, 1.54) is 42.5 Å². The molecule has 11 heteroatoms. The molecular weight excluding hydrogens is 563 g/mol. The molecular formula is C30H26ClF3NO6+. The number of quaternary nitrogens is 1. The van der Waals surface area contributed by atoms with Crippen molar-refractivity contribution in [2.75, 3.05) is 26.3 Å².